The van der Waals surface area contributed by atoms with Crippen LogP contribution in [0.3, 0.4) is 0 Å². The molecule has 1 radical (unpaired) electrons. The maximum absolute atomic E-state index is 2.10. The van der Waals surface area contributed by atoms with Crippen molar-refractivity contribution in [1.29, 1.82) is 0 Å². The first-order chi connectivity index (χ1) is 3.41. The third kappa shape index (κ3) is 5.91. The van der Waals surface area contributed by atoms with Crippen LogP contribution in [0.1, 0.15) is 13.8 Å². The molecule has 0 aliphatic rings. The smallest absolute Gasteiger partial charge is 0.0267 e. The average molecular weight is 113 g/mol. The van der Waals surface area contributed by atoms with Crippen LogP contribution in [-0.2, 0) is 0 Å². The van der Waals surface area contributed by atoms with E-state index in [0.717, 1.165) is 0 Å². The molecule has 0 saturated heterocycles. The zero-order valence-electron chi connectivity index (χ0n) is 4.76. The van der Waals surface area contributed by atoms with Gasteiger partial charge < -0.3 is 0 Å². The van der Waals surface area contributed by atoms with Gasteiger partial charge in [0.05, 0.1) is 0 Å². The summed E-state index contributed by atoms with van der Waals surface area (Å²) in [6, 6.07) is 0. The maximum atomic E-state index is 2.10. The monoisotopic (exact) mass is 113 g/mol. The van der Waals surface area contributed by atoms with Crippen molar-refractivity contribution in [1.82, 2.24) is 0 Å². The van der Waals surface area contributed by atoms with Crippen molar-refractivity contribution >= 4 is 8.58 Å². The summed E-state index contributed by atoms with van der Waals surface area (Å²) in [5.41, 5.74) is 0. The summed E-state index contributed by atoms with van der Waals surface area (Å²) in [5.74, 6) is 4.19. The van der Waals surface area contributed by atoms with Crippen LogP contribution in [0.5, 0.6) is 0 Å². The van der Waals surface area contributed by atoms with E-state index in [4.69, 9.17) is 0 Å². The molecule has 0 unspecified atom stereocenters. The van der Waals surface area contributed by atoms with E-state index in [0.29, 0.717) is 0 Å². The van der Waals surface area contributed by atoms with Gasteiger partial charge in [-0.25, -0.2) is 0 Å². The highest BCUT2D eigenvalue weighted by atomic mass is 31.1. The summed E-state index contributed by atoms with van der Waals surface area (Å²) < 4.78 is 0. The fraction of sp³-hybridized carbons (Fsp3) is 0.333. The van der Waals surface area contributed by atoms with Gasteiger partial charge >= 0.3 is 0 Å². The standard InChI is InChI=1S/C6H10P/c1-3-5-7-6-4-2/h3-6H,1-2H3/b5-3-,6-4-. The topological polar surface area (TPSA) is 0 Å². The molecule has 0 aliphatic heterocycles. The van der Waals surface area contributed by atoms with Gasteiger partial charge in [-0.1, -0.05) is 23.8 Å². The number of hydrogen-bond donors (Lipinski definition) is 0. The molecule has 0 bridgehead atoms. The quantitative estimate of drug-likeness (QED) is 0.483. The predicted octanol–water partition coefficient (Wildman–Crippen LogP) is 3.00. The Labute approximate surface area is 47.1 Å². The Morgan fingerprint density at radius 1 is 1.00 bits per heavy atom. The molecular formula is C6H10P. The van der Waals surface area contributed by atoms with Crippen molar-refractivity contribution in [3.63, 3.8) is 0 Å². The van der Waals surface area contributed by atoms with Crippen molar-refractivity contribution < 1.29 is 0 Å². The summed E-state index contributed by atoms with van der Waals surface area (Å²) in [4.78, 5) is 0. The van der Waals surface area contributed by atoms with Gasteiger partial charge in [0.2, 0.25) is 0 Å². The third-order valence-corrected chi connectivity index (χ3v) is 1.41. The molecule has 0 fully saturated rings. The zero-order chi connectivity index (χ0) is 5.54. The highest BCUT2D eigenvalue weighted by Crippen LogP contribution is 2.11. The van der Waals surface area contributed by atoms with E-state index in [-0.39, 0.29) is 0 Å². The van der Waals surface area contributed by atoms with Crippen molar-refractivity contribution in [2.24, 2.45) is 0 Å². The van der Waals surface area contributed by atoms with E-state index in [2.05, 4.69) is 11.6 Å². The Morgan fingerprint density at radius 3 is 1.71 bits per heavy atom. The summed E-state index contributed by atoms with van der Waals surface area (Å²) in [5, 5.41) is 0. The molecule has 0 N–H and O–H groups in total. The molecule has 0 atom stereocenters. The van der Waals surface area contributed by atoms with Gasteiger partial charge in [-0.05, 0) is 22.4 Å². The third-order valence-electron chi connectivity index (χ3n) is 0.470. The van der Waals surface area contributed by atoms with Crippen LogP contribution in [0.4, 0.5) is 0 Å². The minimum Gasteiger partial charge on any atom is -0.0865 e. The Kier molecular flexibility index (Phi) is 5.83. The molecule has 1 heteroatoms. The Morgan fingerprint density at radius 2 is 1.43 bits per heavy atom. The lowest BCUT2D eigenvalue weighted by molar-refractivity contribution is 1.77. The maximum Gasteiger partial charge on any atom is -0.0267 e. The van der Waals surface area contributed by atoms with E-state index in [1.807, 2.05) is 26.0 Å². The summed E-state index contributed by atoms with van der Waals surface area (Å²) in [6.07, 6.45) is 4.09. The molecule has 39 valence electrons. The normalized spacial score (nSPS) is 11.7. The van der Waals surface area contributed by atoms with Gasteiger partial charge in [-0.2, -0.15) is 0 Å². The van der Waals surface area contributed by atoms with Gasteiger partial charge in [0.1, 0.15) is 0 Å². The second kappa shape index (κ2) is 5.91. The molecule has 0 heterocycles. The lowest BCUT2D eigenvalue weighted by Crippen LogP contribution is -1.35. The molecule has 0 nitrogen and oxygen atoms in total. The van der Waals surface area contributed by atoms with E-state index >= 15 is 0 Å². The largest absolute Gasteiger partial charge is 0.0865 e. The molecule has 0 aromatic heterocycles. The molecule has 0 amide bonds. The number of allylic oxidation sites excluding steroid dienone is 2. The average Bonchev–Trinajstić information content (AvgIpc) is 1.69. The first-order valence-electron chi connectivity index (χ1n) is 2.34. The van der Waals surface area contributed by atoms with Gasteiger partial charge in [0.15, 0.2) is 0 Å². The fourth-order valence-corrected chi connectivity index (χ4v) is 0.665. The summed E-state index contributed by atoms with van der Waals surface area (Å²) in [6.45, 7) is 4.05. The van der Waals surface area contributed by atoms with Crippen molar-refractivity contribution in [3.05, 3.63) is 23.8 Å². The minimum absolute atomic E-state index is 1.28. The molecule has 0 rings (SSSR count). The first kappa shape index (κ1) is 6.91. The summed E-state index contributed by atoms with van der Waals surface area (Å²) >= 11 is 0. The Bertz CT molecular complexity index is 62.2. The second-order valence-electron chi connectivity index (χ2n) is 1.11. The van der Waals surface area contributed by atoms with Gasteiger partial charge in [-0.15, -0.1) is 0 Å². The van der Waals surface area contributed by atoms with Crippen LogP contribution in [-0.4, -0.2) is 0 Å². The van der Waals surface area contributed by atoms with E-state index in [9.17, 15) is 0 Å². The van der Waals surface area contributed by atoms with Crippen molar-refractivity contribution in [2.45, 2.75) is 13.8 Å². The molecule has 7 heavy (non-hydrogen) atoms. The van der Waals surface area contributed by atoms with Gasteiger partial charge in [0, 0.05) is 0 Å². The van der Waals surface area contributed by atoms with E-state index in [1.165, 1.54) is 8.58 Å². The SMILES string of the molecule is C/C=C\[P]/C=C\C. The second-order valence-corrected chi connectivity index (χ2v) is 2.01. The van der Waals surface area contributed by atoms with E-state index < -0.39 is 0 Å². The Hall–Kier alpha value is -0.0900. The molecule has 0 spiro atoms. The van der Waals surface area contributed by atoms with Crippen LogP contribution in [0, 0.1) is 0 Å². The van der Waals surface area contributed by atoms with Crippen molar-refractivity contribution in [3.8, 4) is 0 Å². The highest BCUT2D eigenvalue weighted by molar-refractivity contribution is 7.45. The van der Waals surface area contributed by atoms with Crippen LogP contribution < -0.4 is 0 Å². The zero-order valence-corrected chi connectivity index (χ0v) is 5.65. The minimum atomic E-state index is 1.28. The molecule has 0 aromatic carbocycles. The predicted molar refractivity (Wildman–Crippen MR) is 36.5 cm³/mol. The van der Waals surface area contributed by atoms with Crippen LogP contribution >= 0.6 is 8.58 Å². The molecule has 0 saturated carbocycles. The van der Waals surface area contributed by atoms with Crippen LogP contribution in [0.25, 0.3) is 0 Å². The molecule has 0 aromatic rings. The van der Waals surface area contributed by atoms with Gasteiger partial charge in [-0.3, -0.25) is 0 Å². The number of hydrogen-bond acceptors (Lipinski definition) is 0. The Balaban J connectivity index is 2.98. The molecule has 0 aliphatic carbocycles. The summed E-state index contributed by atoms with van der Waals surface area (Å²) in [7, 11) is 1.28. The fourth-order valence-electron chi connectivity index (χ4n) is 0.222. The highest BCUT2D eigenvalue weighted by Gasteiger charge is 1.62. The van der Waals surface area contributed by atoms with E-state index in [1.54, 1.807) is 0 Å². The van der Waals surface area contributed by atoms with Gasteiger partial charge in [0.25, 0.3) is 0 Å². The lowest BCUT2D eigenvalue weighted by atomic mass is 10.8. The number of rotatable bonds is 2. The lowest BCUT2D eigenvalue weighted by Gasteiger charge is -1.72. The first-order valence-corrected chi connectivity index (χ1v) is 3.37. The van der Waals surface area contributed by atoms with Crippen LogP contribution in [0.2, 0.25) is 0 Å². The van der Waals surface area contributed by atoms with Crippen LogP contribution in [0.15, 0.2) is 23.8 Å². The molecular weight excluding hydrogens is 103 g/mol. The van der Waals surface area contributed by atoms with Crippen molar-refractivity contribution in [2.75, 3.05) is 0 Å².